The molecule has 0 bridgehead atoms. The predicted octanol–water partition coefficient (Wildman–Crippen LogP) is 2.95. The van der Waals surface area contributed by atoms with Crippen LogP contribution in [0.1, 0.15) is 25.0 Å². The summed E-state index contributed by atoms with van der Waals surface area (Å²) in [5.74, 6) is 0.208. The van der Waals surface area contributed by atoms with Gasteiger partial charge in [0.25, 0.3) is 0 Å². The molecule has 0 aliphatic rings. The second kappa shape index (κ2) is 4.74. The normalized spacial score (nSPS) is 11.9. The first-order chi connectivity index (χ1) is 7.34. The number of hydrogen-bond acceptors (Lipinski definition) is 2. The standard InChI is InChI=1S/C11H14F3NO/c1-7(2)16-9-4-3-8(6-15)10(5-9)11(12,13)14/h3-5,7H,6,15H2,1-2H3. The van der Waals surface area contributed by atoms with E-state index in [0.717, 1.165) is 6.07 Å². The van der Waals surface area contributed by atoms with Gasteiger partial charge in [0, 0.05) is 6.54 Å². The predicted molar refractivity (Wildman–Crippen MR) is 55.1 cm³/mol. The summed E-state index contributed by atoms with van der Waals surface area (Å²) in [5.41, 5.74) is 4.60. The molecule has 0 heterocycles. The Hall–Kier alpha value is -1.23. The van der Waals surface area contributed by atoms with Gasteiger partial charge in [-0.05, 0) is 31.5 Å². The van der Waals surface area contributed by atoms with E-state index in [0.29, 0.717) is 0 Å². The minimum Gasteiger partial charge on any atom is -0.491 e. The van der Waals surface area contributed by atoms with E-state index >= 15 is 0 Å². The van der Waals surface area contributed by atoms with Crippen molar-refractivity contribution >= 4 is 0 Å². The van der Waals surface area contributed by atoms with Gasteiger partial charge in [-0.25, -0.2) is 0 Å². The molecule has 0 saturated heterocycles. The van der Waals surface area contributed by atoms with Crippen molar-refractivity contribution in [2.45, 2.75) is 32.7 Å². The lowest BCUT2D eigenvalue weighted by Gasteiger charge is -2.15. The molecule has 5 heteroatoms. The van der Waals surface area contributed by atoms with Crippen molar-refractivity contribution in [3.05, 3.63) is 29.3 Å². The van der Waals surface area contributed by atoms with Gasteiger partial charge >= 0.3 is 6.18 Å². The molecule has 0 atom stereocenters. The van der Waals surface area contributed by atoms with Crippen LogP contribution < -0.4 is 10.5 Å². The minimum absolute atomic E-state index is 0.0728. The van der Waals surface area contributed by atoms with Crippen LogP contribution in [-0.4, -0.2) is 6.10 Å². The molecule has 1 rings (SSSR count). The van der Waals surface area contributed by atoms with E-state index in [1.165, 1.54) is 12.1 Å². The molecule has 0 amide bonds. The van der Waals surface area contributed by atoms with Crippen molar-refractivity contribution in [3.63, 3.8) is 0 Å². The number of hydrogen-bond donors (Lipinski definition) is 1. The molecular weight excluding hydrogens is 219 g/mol. The fourth-order valence-corrected chi connectivity index (χ4v) is 1.34. The average Bonchev–Trinajstić information content (AvgIpc) is 2.15. The van der Waals surface area contributed by atoms with Gasteiger partial charge in [-0.2, -0.15) is 13.2 Å². The molecule has 2 nitrogen and oxygen atoms in total. The Kier molecular flexibility index (Phi) is 3.80. The van der Waals surface area contributed by atoms with E-state index in [-0.39, 0.29) is 24.0 Å². The van der Waals surface area contributed by atoms with E-state index in [9.17, 15) is 13.2 Å². The number of alkyl halides is 3. The van der Waals surface area contributed by atoms with Crippen molar-refractivity contribution in [1.29, 1.82) is 0 Å². The second-order valence-corrected chi connectivity index (χ2v) is 3.69. The molecule has 0 aliphatic carbocycles. The summed E-state index contributed by atoms with van der Waals surface area (Å²) in [6, 6.07) is 3.83. The van der Waals surface area contributed by atoms with Crippen molar-refractivity contribution in [2.24, 2.45) is 5.73 Å². The number of nitrogens with two attached hydrogens (primary N) is 1. The van der Waals surface area contributed by atoms with Crippen LogP contribution in [-0.2, 0) is 12.7 Å². The van der Waals surface area contributed by atoms with Gasteiger partial charge in [0.1, 0.15) is 5.75 Å². The van der Waals surface area contributed by atoms with E-state index in [2.05, 4.69) is 0 Å². The number of benzene rings is 1. The minimum atomic E-state index is -4.40. The molecule has 0 radical (unpaired) electrons. The van der Waals surface area contributed by atoms with Crippen LogP contribution in [0.15, 0.2) is 18.2 Å². The highest BCUT2D eigenvalue weighted by Gasteiger charge is 2.33. The third kappa shape index (κ3) is 3.13. The third-order valence-corrected chi connectivity index (χ3v) is 1.98. The second-order valence-electron chi connectivity index (χ2n) is 3.69. The van der Waals surface area contributed by atoms with Gasteiger partial charge in [0.2, 0.25) is 0 Å². The highest BCUT2D eigenvalue weighted by atomic mass is 19.4. The Labute approximate surface area is 92.2 Å². The number of rotatable bonds is 3. The van der Waals surface area contributed by atoms with Crippen LogP contribution in [0.3, 0.4) is 0 Å². The van der Waals surface area contributed by atoms with Gasteiger partial charge in [-0.1, -0.05) is 6.07 Å². The lowest BCUT2D eigenvalue weighted by atomic mass is 10.1. The Morgan fingerprint density at radius 3 is 2.38 bits per heavy atom. The van der Waals surface area contributed by atoms with E-state index < -0.39 is 11.7 Å². The zero-order valence-corrected chi connectivity index (χ0v) is 9.14. The summed E-state index contributed by atoms with van der Waals surface area (Å²) in [7, 11) is 0. The Morgan fingerprint density at radius 1 is 1.31 bits per heavy atom. The van der Waals surface area contributed by atoms with Crippen molar-refractivity contribution in [2.75, 3.05) is 0 Å². The Balaban J connectivity index is 3.12. The first-order valence-corrected chi connectivity index (χ1v) is 4.91. The first-order valence-electron chi connectivity index (χ1n) is 4.91. The van der Waals surface area contributed by atoms with E-state index in [1.54, 1.807) is 13.8 Å². The molecule has 0 spiro atoms. The summed E-state index contributed by atoms with van der Waals surface area (Å²) in [4.78, 5) is 0. The zero-order valence-electron chi connectivity index (χ0n) is 9.14. The van der Waals surface area contributed by atoms with Crippen LogP contribution in [0.5, 0.6) is 5.75 Å². The van der Waals surface area contributed by atoms with Crippen LogP contribution >= 0.6 is 0 Å². The molecule has 0 unspecified atom stereocenters. The molecule has 1 aromatic carbocycles. The molecule has 90 valence electrons. The van der Waals surface area contributed by atoms with Gasteiger partial charge in [0.05, 0.1) is 11.7 Å². The van der Waals surface area contributed by atoms with Gasteiger partial charge in [-0.3, -0.25) is 0 Å². The number of ether oxygens (including phenoxy) is 1. The van der Waals surface area contributed by atoms with Crippen molar-refractivity contribution < 1.29 is 17.9 Å². The topological polar surface area (TPSA) is 35.2 Å². The maximum Gasteiger partial charge on any atom is 0.416 e. The fraction of sp³-hybridized carbons (Fsp3) is 0.455. The molecular formula is C11H14F3NO. The molecule has 16 heavy (non-hydrogen) atoms. The molecule has 0 fully saturated rings. The molecule has 1 aromatic rings. The summed E-state index contributed by atoms with van der Waals surface area (Å²) in [5, 5.41) is 0. The maximum absolute atomic E-state index is 12.6. The Morgan fingerprint density at radius 2 is 1.94 bits per heavy atom. The average molecular weight is 233 g/mol. The van der Waals surface area contributed by atoms with E-state index in [4.69, 9.17) is 10.5 Å². The van der Waals surface area contributed by atoms with Crippen molar-refractivity contribution in [1.82, 2.24) is 0 Å². The lowest BCUT2D eigenvalue weighted by molar-refractivity contribution is -0.138. The molecule has 0 aromatic heterocycles. The van der Waals surface area contributed by atoms with E-state index in [1.807, 2.05) is 0 Å². The highest BCUT2D eigenvalue weighted by Crippen LogP contribution is 2.34. The third-order valence-electron chi connectivity index (χ3n) is 1.98. The zero-order chi connectivity index (χ0) is 12.3. The van der Waals surface area contributed by atoms with Crippen LogP contribution in [0.4, 0.5) is 13.2 Å². The fourth-order valence-electron chi connectivity index (χ4n) is 1.34. The van der Waals surface area contributed by atoms with Crippen LogP contribution in [0.25, 0.3) is 0 Å². The summed E-state index contributed by atoms with van der Waals surface area (Å²) >= 11 is 0. The summed E-state index contributed by atoms with van der Waals surface area (Å²) in [6.07, 6.45) is -4.56. The first kappa shape index (κ1) is 12.8. The summed E-state index contributed by atoms with van der Waals surface area (Å²) in [6.45, 7) is 3.37. The molecule has 0 aliphatic heterocycles. The lowest BCUT2D eigenvalue weighted by Crippen LogP contribution is -2.13. The van der Waals surface area contributed by atoms with Crippen molar-refractivity contribution in [3.8, 4) is 5.75 Å². The Bertz CT molecular complexity index is 361. The maximum atomic E-state index is 12.6. The quantitative estimate of drug-likeness (QED) is 0.871. The van der Waals surface area contributed by atoms with Gasteiger partial charge < -0.3 is 10.5 Å². The number of halogens is 3. The summed E-state index contributed by atoms with van der Waals surface area (Å²) < 4.78 is 43.1. The molecule has 0 saturated carbocycles. The van der Waals surface area contributed by atoms with Crippen LogP contribution in [0.2, 0.25) is 0 Å². The van der Waals surface area contributed by atoms with Crippen LogP contribution in [0, 0.1) is 0 Å². The largest absolute Gasteiger partial charge is 0.491 e. The SMILES string of the molecule is CC(C)Oc1ccc(CN)c(C(F)(F)F)c1. The highest BCUT2D eigenvalue weighted by molar-refractivity contribution is 5.37. The van der Waals surface area contributed by atoms with Gasteiger partial charge in [-0.15, -0.1) is 0 Å². The smallest absolute Gasteiger partial charge is 0.416 e. The monoisotopic (exact) mass is 233 g/mol. The molecule has 2 N–H and O–H groups in total. The van der Waals surface area contributed by atoms with Gasteiger partial charge in [0.15, 0.2) is 0 Å².